The van der Waals surface area contributed by atoms with Crippen molar-refractivity contribution in [2.45, 2.75) is 12.8 Å². The predicted octanol–water partition coefficient (Wildman–Crippen LogP) is 2.06. The van der Waals surface area contributed by atoms with E-state index in [4.69, 9.17) is 22.1 Å². The fourth-order valence-electron chi connectivity index (χ4n) is 0.864. The lowest BCUT2D eigenvalue weighted by molar-refractivity contribution is 0.300. The highest BCUT2D eigenvalue weighted by atomic mass is 35.5. The van der Waals surface area contributed by atoms with Crippen molar-refractivity contribution in [3.63, 3.8) is 0 Å². The van der Waals surface area contributed by atoms with Gasteiger partial charge in [0.2, 0.25) is 5.88 Å². The van der Waals surface area contributed by atoms with Crippen molar-refractivity contribution in [3.05, 3.63) is 24.0 Å². The van der Waals surface area contributed by atoms with E-state index in [2.05, 4.69) is 16.5 Å². The molecule has 2 N–H and O–H groups in total. The Bertz CT molecular complexity index is 317. The number of ether oxygens (including phenoxy) is 1. The highest BCUT2D eigenvalue weighted by Crippen LogP contribution is 2.25. The molecule has 0 unspecified atom stereocenters. The molecule has 1 aromatic heterocycles. The van der Waals surface area contributed by atoms with Crippen molar-refractivity contribution < 1.29 is 4.74 Å². The normalized spacial score (nSPS) is 9.79. The zero-order valence-electron chi connectivity index (χ0n) is 7.74. The second-order valence-electron chi connectivity index (χ2n) is 2.66. The van der Waals surface area contributed by atoms with Gasteiger partial charge in [0.15, 0.2) is 0 Å². The zero-order valence-corrected chi connectivity index (χ0v) is 8.50. The monoisotopic (exact) mass is 213 g/mol. The van der Waals surface area contributed by atoms with Gasteiger partial charge in [-0.3, -0.25) is 0 Å². The molecular weight excluding hydrogens is 202 g/mol. The predicted molar refractivity (Wildman–Crippen MR) is 56.4 cm³/mol. The number of halogens is 1. The molecular formula is C9H12ClN3O. The van der Waals surface area contributed by atoms with Gasteiger partial charge in [-0.05, 0) is 12.8 Å². The Hall–Kier alpha value is -1.29. The summed E-state index contributed by atoms with van der Waals surface area (Å²) in [5.41, 5.74) is 5.47. The van der Waals surface area contributed by atoms with E-state index >= 15 is 0 Å². The number of aromatic nitrogens is 2. The summed E-state index contributed by atoms with van der Waals surface area (Å²) in [4.78, 5) is 7.59. The van der Waals surface area contributed by atoms with Gasteiger partial charge in [-0.25, -0.2) is 9.97 Å². The highest BCUT2D eigenvalue weighted by molar-refractivity contribution is 6.33. The fourth-order valence-corrected chi connectivity index (χ4v) is 1.02. The van der Waals surface area contributed by atoms with E-state index in [9.17, 15) is 0 Å². The summed E-state index contributed by atoms with van der Waals surface area (Å²) in [7, 11) is 0. The van der Waals surface area contributed by atoms with Crippen LogP contribution >= 0.6 is 11.6 Å². The van der Waals surface area contributed by atoms with Gasteiger partial charge < -0.3 is 10.5 Å². The Morgan fingerprint density at radius 2 is 2.36 bits per heavy atom. The summed E-state index contributed by atoms with van der Waals surface area (Å²) in [6.45, 7) is 4.15. The first kappa shape index (κ1) is 10.8. The molecule has 1 rings (SSSR count). The first-order valence-electron chi connectivity index (χ1n) is 4.25. The minimum atomic E-state index is 0.236. The highest BCUT2D eigenvalue weighted by Gasteiger charge is 2.06. The van der Waals surface area contributed by atoms with Crippen molar-refractivity contribution in [1.82, 2.24) is 9.97 Å². The second kappa shape index (κ2) is 5.44. The molecule has 0 saturated heterocycles. The second-order valence-corrected chi connectivity index (χ2v) is 3.04. The minimum absolute atomic E-state index is 0.236. The third-order valence-electron chi connectivity index (χ3n) is 1.58. The SMILES string of the molecule is C=CCCCOc1ncnc(N)c1Cl. The topological polar surface area (TPSA) is 61.0 Å². The minimum Gasteiger partial charge on any atom is -0.476 e. The molecule has 0 radical (unpaired) electrons. The molecule has 0 saturated carbocycles. The summed E-state index contributed by atoms with van der Waals surface area (Å²) < 4.78 is 5.31. The van der Waals surface area contributed by atoms with Gasteiger partial charge in [0.25, 0.3) is 0 Å². The summed E-state index contributed by atoms with van der Waals surface area (Å²) in [6.07, 6.45) is 4.94. The molecule has 4 nitrogen and oxygen atoms in total. The van der Waals surface area contributed by atoms with Crippen LogP contribution in [0.25, 0.3) is 0 Å². The molecule has 0 spiro atoms. The lowest BCUT2D eigenvalue weighted by Crippen LogP contribution is -2.02. The maximum atomic E-state index is 5.81. The number of nitrogens with two attached hydrogens (primary N) is 1. The maximum absolute atomic E-state index is 5.81. The van der Waals surface area contributed by atoms with E-state index in [1.54, 1.807) is 0 Å². The van der Waals surface area contributed by atoms with E-state index in [0.29, 0.717) is 12.5 Å². The molecule has 0 aliphatic rings. The molecule has 1 aromatic rings. The van der Waals surface area contributed by atoms with Crippen molar-refractivity contribution in [3.8, 4) is 5.88 Å². The van der Waals surface area contributed by atoms with Crippen LogP contribution in [0, 0.1) is 0 Å². The van der Waals surface area contributed by atoms with Gasteiger partial charge in [-0.15, -0.1) is 6.58 Å². The average Bonchev–Trinajstić information content (AvgIpc) is 2.19. The number of anilines is 1. The van der Waals surface area contributed by atoms with Crippen LogP contribution in [0.4, 0.5) is 5.82 Å². The zero-order chi connectivity index (χ0) is 10.4. The molecule has 1 heterocycles. The smallest absolute Gasteiger partial charge is 0.237 e. The van der Waals surface area contributed by atoms with Gasteiger partial charge in [-0.1, -0.05) is 17.7 Å². The van der Waals surface area contributed by atoms with Crippen molar-refractivity contribution in [1.29, 1.82) is 0 Å². The molecule has 5 heteroatoms. The van der Waals surface area contributed by atoms with Gasteiger partial charge in [0.1, 0.15) is 17.2 Å². The third kappa shape index (κ3) is 2.88. The maximum Gasteiger partial charge on any atom is 0.237 e. The quantitative estimate of drug-likeness (QED) is 0.601. The molecule has 0 aliphatic carbocycles. The van der Waals surface area contributed by atoms with Crippen LogP contribution in [0.1, 0.15) is 12.8 Å². The number of rotatable bonds is 5. The van der Waals surface area contributed by atoms with Crippen LogP contribution in [-0.2, 0) is 0 Å². The molecule has 0 atom stereocenters. The van der Waals surface area contributed by atoms with Crippen molar-refractivity contribution in [2.24, 2.45) is 0 Å². The first-order valence-corrected chi connectivity index (χ1v) is 4.63. The molecule has 14 heavy (non-hydrogen) atoms. The van der Waals surface area contributed by atoms with Gasteiger partial charge in [0.05, 0.1) is 6.61 Å². The van der Waals surface area contributed by atoms with E-state index < -0.39 is 0 Å². The van der Waals surface area contributed by atoms with Crippen LogP contribution in [0.5, 0.6) is 5.88 Å². The standard InChI is InChI=1S/C9H12ClN3O/c1-2-3-4-5-14-9-7(10)8(11)12-6-13-9/h2,6H,1,3-5H2,(H2,11,12,13). The molecule has 0 amide bonds. The van der Waals surface area contributed by atoms with Crippen LogP contribution < -0.4 is 10.5 Å². The number of nitrogen functional groups attached to an aromatic ring is 1. The van der Waals surface area contributed by atoms with E-state index in [1.165, 1.54) is 6.33 Å². The van der Waals surface area contributed by atoms with Crippen LogP contribution in [0.15, 0.2) is 19.0 Å². The number of unbranched alkanes of at least 4 members (excludes halogenated alkanes) is 1. The first-order chi connectivity index (χ1) is 6.75. The molecule has 0 aromatic carbocycles. The summed E-state index contributed by atoms with van der Waals surface area (Å²) in [5.74, 6) is 0.573. The van der Waals surface area contributed by atoms with Gasteiger partial charge in [0, 0.05) is 0 Å². The Morgan fingerprint density at radius 1 is 1.57 bits per heavy atom. The van der Waals surface area contributed by atoms with Gasteiger partial charge in [-0.2, -0.15) is 0 Å². The Labute approximate surface area is 87.8 Å². The largest absolute Gasteiger partial charge is 0.476 e. The van der Waals surface area contributed by atoms with Crippen LogP contribution in [0.3, 0.4) is 0 Å². The summed E-state index contributed by atoms with van der Waals surface area (Å²) in [6, 6.07) is 0. The van der Waals surface area contributed by atoms with E-state index in [1.807, 2.05) is 6.08 Å². The fraction of sp³-hybridized carbons (Fsp3) is 0.333. The summed E-state index contributed by atoms with van der Waals surface area (Å²) >= 11 is 5.81. The molecule has 0 aliphatic heterocycles. The Kier molecular flexibility index (Phi) is 4.19. The number of allylic oxidation sites excluding steroid dienone is 1. The lowest BCUT2D eigenvalue weighted by atomic mass is 10.3. The molecule has 76 valence electrons. The number of hydrogen-bond acceptors (Lipinski definition) is 4. The number of hydrogen-bond donors (Lipinski definition) is 1. The molecule has 0 bridgehead atoms. The van der Waals surface area contributed by atoms with E-state index in [0.717, 1.165) is 12.8 Å². The van der Waals surface area contributed by atoms with Gasteiger partial charge >= 0.3 is 0 Å². The van der Waals surface area contributed by atoms with E-state index in [-0.39, 0.29) is 10.8 Å². The number of nitrogens with zero attached hydrogens (tertiary/aromatic N) is 2. The third-order valence-corrected chi connectivity index (χ3v) is 1.93. The Morgan fingerprint density at radius 3 is 3.07 bits per heavy atom. The van der Waals surface area contributed by atoms with Crippen molar-refractivity contribution >= 4 is 17.4 Å². The Balaban J connectivity index is 2.50. The molecule has 0 fully saturated rings. The summed E-state index contributed by atoms with van der Waals surface area (Å²) in [5, 5.41) is 0.270. The van der Waals surface area contributed by atoms with Crippen LogP contribution in [0.2, 0.25) is 5.02 Å². The van der Waals surface area contributed by atoms with Crippen LogP contribution in [-0.4, -0.2) is 16.6 Å². The van der Waals surface area contributed by atoms with Crippen molar-refractivity contribution in [2.75, 3.05) is 12.3 Å². The average molecular weight is 214 g/mol. The lowest BCUT2D eigenvalue weighted by Gasteiger charge is -2.06.